The zero-order valence-corrected chi connectivity index (χ0v) is 16.2. The summed E-state index contributed by atoms with van der Waals surface area (Å²) in [4.78, 5) is 41.2. The van der Waals surface area contributed by atoms with Crippen LogP contribution in [0.5, 0.6) is 0 Å². The Balaban J connectivity index is 1.31. The zero-order chi connectivity index (χ0) is 20.0. The van der Waals surface area contributed by atoms with E-state index in [1.807, 2.05) is 53.4 Å². The summed E-state index contributed by atoms with van der Waals surface area (Å²) in [6.45, 7) is 2.36. The van der Waals surface area contributed by atoms with E-state index in [1.165, 1.54) is 0 Å². The van der Waals surface area contributed by atoms with Gasteiger partial charge in [-0.15, -0.1) is 0 Å². The fourth-order valence-electron chi connectivity index (χ4n) is 4.79. The highest BCUT2D eigenvalue weighted by atomic mass is 16.2. The molecular formula is C23H23N3O3. The van der Waals surface area contributed by atoms with Crippen molar-refractivity contribution in [2.45, 2.75) is 31.2 Å². The van der Waals surface area contributed by atoms with E-state index in [4.69, 9.17) is 0 Å². The Morgan fingerprint density at radius 2 is 1.83 bits per heavy atom. The molecule has 2 aromatic rings. The fourth-order valence-corrected chi connectivity index (χ4v) is 4.79. The number of rotatable bonds is 3. The van der Waals surface area contributed by atoms with Gasteiger partial charge in [0.2, 0.25) is 11.8 Å². The lowest BCUT2D eigenvalue weighted by Crippen LogP contribution is -2.39. The molecule has 0 radical (unpaired) electrons. The molecule has 148 valence electrons. The second-order valence-corrected chi connectivity index (χ2v) is 8.17. The molecule has 2 saturated heterocycles. The summed E-state index contributed by atoms with van der Waals surface area (Å²) < 4.78 is 0. The average Bonchev–Trinajstić information content (AvgIpc) is 3.42. The van der Waals surface area contributed by atoms with Gasteiger partial charge >= 0.3 is 0 Å². The number of hydrogen-bond acceptors (Lipinski definition) is 3. The first-order chi connectivity index (χ1) is 14.1. The predicted octanol–water partition coefficient (Wildman–Crippen LogP) is 2.55. The molecule has 5 rings (SSSR count). The van der Waals surface area contributed by atoms with E-state index in [1.54, 1.807) is 4.90 Å². The van der Waals surface area contributed by atoms with Gasteiger partial charge in [0, 0.05) is 43.9 Å². The van der Waals surface area contributed by atoms with Crippen molar-refractivity contribution in [3.63, 3.8) is 0 Å². The van der Waals surface area contributed by atoms with Crippen molar-refractivity contribution in [1.82, 2.24) is 9.80 Å². The van der Waals surface area contributed by atoms with Crippen LogP contribution >= 0.6 is 0 Å². The third kappa shape index (κ3) is 2.90. The first kappa shape index (κ1) is 17.9. The van der Waals surface area contributed by atoms with Crippen molar-refractivity contribution in [3.8, 4) is 0 Å². The number of likely N-dealkylation sites (tertiary alicyclic amines) is 2. The van der Waals surface area contributed by atoms with E-state index < -0.39 is 5.41 Å². The van der Waals surface area contributed by atoms with Crippen molar-refractivity contribution >= 4 is 23.4 Å². The smallest absolute Gasteiger partial charge is 0.253 e. The molecular weight excluding hydrogens is 366 g/mol. The lowest BCUT2D eigenvalue weighted by atomic mass is 9.81. The number of fused-ring (bicyclic) bond motifs is 2. The Kier molecular flexibility index (Phi) is 4.15. The maximum Gasteiger partial charge on any atom is 0.253 e. The van der Waals surface area contributed by atoms with Gasteiger partial charge in [0.15, 0.2) is 0 Å². The Bertz CT molecular complexity index is 1000. The molecule has 1 N–H and O–H groups in total. The maximum absolute atomic E-state index is 13.0. The van der Waals surface area contributed by atoms with Crippen molar-refractivity contribution in [2.75, 3.05) is 25.0 Å². The molecule has 2 aromatic carbocycles. The summed E-state index contributed by atoms with van der Waals surface area (Å²) in [5.74, 6) is 0.130. The van der Waals surface area contributed by atoms with E-state index in [9.17, 15) is 14.4 Å². The number of carbonyl (C=O) groups excluding carboxylic acids is 3. The van der Waals surface area contributed by atoms with E-state index in [0.29, 0.717) is 38.0 Å². The van der Waals surface area contributed by atoms with Crippen LogP contribution in [-0.4, -0.2) is 47.2 Å². The zero-order valence-electron chi connectivity index (χ0n) is 16.2. The van der Waals surface area contributed by atoms with Gasteiger partial charge in [-0.05, 0) is 42.2 Å². The third-order valence-electron chi connectivity index (χ3n) is 6.43. The first-order valence-electron chi connectivity index (χ1n) is 10.1. The van der Waals surface area contributed by atoms with E-state index >= 15 is 0 Å². The predicted molar refractivity (Wildman–Crippen MR) is 108 cm³/mol. The molecule has 3 amide bonds. The molecule has 6 heteroatoms. The molecule has 0 aliphatic carbocycles. The summed E-state index contributed by atoms with van der Waals surface area (Å²) in [6.07, 6.45) is 2.18. The summed E-state index contributed by atoms with van der Waals surface area (Å²) in [6, 6.07) is 15.2. The molecule has 1 atom stereocenters. The van der Waals surface area contributed by atoms with E-state index in [2.05, 4.69) is 5.32 Å². The number of nitrogens with one attached hydrogen (secondary N) is 1. The third-order valence-corrected chi connectivity index (χ3v) is 6.43. The monoisotopic (exact) mass is 389 g/mol. The van der Waals surface area contributed by atoms with Gasteiger partial charge in [-0.1, -0.05) is 30.3 Å². The average molecular weight is 389 g/mol. The molecule has 0 bridgehead atoms. The number of hydrogen-bond donors (Lipinski definition) is 1. The van der Waals surface area contributed by atoms with Crippen molar-refractivity contribution in [1.29, 1.82) is 0 Å². The van der Waals surface area contributed by atoms with E-state index in [0.717, 1.165) is 29.8 Å². The number of anilines is 1. The lowest BCUT2D eigenvalue weighted by molar-refractivity contribution is -0.128. The molecule has 0 saturated carbocycles. The van der Waals surface area contributed by atoms with Crippen LogP contribution in [0.2, 0.25) is 0 Å². The minimum Gasteiger partial charge on any atom is -0.338 e. The fraction of sp³-hybridized carbons (Fsp3) is 0.348. The van der Waals surface area contributed by atoms with E-state index in [-0.39, 0.29) is 17.7 Å². The summed E-state index contributed by atoms with van der Waals surface area (Å²) >= 11 is 0. The van der Waals surface area contributed by atoms with Crippen LogP contribution in [0.15, 0.2) is 48.5 Å². The Morgan fingerprint density at radius 3 is 2.59 bits per heavy atom. The minimum atomic E-state index is -0.637. The molecule has 6 nitrogen and oxygen atoms in total. The summed E-state index contributed by atoms with van der Waals surface area (Å²) in [7, 11) is 0. The molecule has 3 heterocycles. The van der Waals surface area contributed by atoms with Crippen LogP contribution in [-0.2, 0) is 21.5 Å². The molecule has 2 fully saturated rings. The second-order valence-electron chi connectivity index (χ2n) is 8.17. The Morgan fingerprint density at radius 1 is 1.03 bits per heavy atom. The Labute approximate surface area is 169 Å². The first-order valence-corrected chi connectivity index (χ1v) is 10.1. The van der Waals surface area contributed by atoms with Gasteiger partial charge in [-0.2, -0.15) is 0 Å². The van der Waals surface area contributed by atoms with Crippen LogP contribution in [0.1, 0.15) is 40.7 Å². The van der Waals surface area contributed by atoms with Crippen LogP contribution in [0, 0.1) is 0 Å². The van der Waals surface area contributed by atoms with Gasteiger partial charge in [-0.25, -0.2) is 0 Å². The van der Waals surface area contributed by atoms with Gasteiger partial charge in [0.1, 0.15) is 0 Å². The quantitative estimate of drug-likeness (QED) is 0.877. The summed E-state index contributed by atoms with van der Waals surface area (Å²) in [5, 5.41) is 2.97. The molecule has 1 spiro atoms. The van der Waals surface area contributed by atoms with Gasteiger partial charge < -0.3 is 15.1 Å². The molecule has 29 heavy (non-hydrogen) atoms. The van der Waals surface area contributed by atoms with Crippen LogP contribution in [0.4, 0.5) is 5.69 Å². The van der Waals surface area contributed by atoms with Crippen LogP contribution in [0.25, 0.3) is 0 Å². The highest BCUT2D eigenvalue weighted by molar-refractivity contribution is 6.07. The standard InChI is InChI=1S/C23H23N3O3/c27-20-6-3-12-25(20)14-16-7-9-17(10-8-16)21(28)26-13-11-23(15-26)18-4-1-2-5-19(18)24-22(23)29/h1-2,4-5,7-10H,3,6,11-15H2,(H,24,29). The SMILES string of the molecule is O=C1CCCN1Cc1ccc(C(=O)N2CCC3(C2)C(=O)Nc2ccccc23)cc1. The lowest BCUT2D eigenvalue weighted by Gasteiger charge is -2.22. The minimum absolute atomic E-state index is 0.0142. The topological polar surface area (TPSA) is 69.7 Å². The molecule has 1 unspecified atom stereocenters. The largest absolute Gasteiger partial charge is 0.338 e. The van der Waals surface area contributed by atoms with Gasteiger partial charge in [-0.3, -0.25) is 14.4 Å². The van der Waals surface area contributed by atoms with Crippen molar-refractivity contribution < 1.29 is 14.4 Å². The number of para-hydroxylation sites is 1. The van der Waals surface area contributed by atoms with Gasteiger partial charge in [0.25, 0.3) is 5.91 Å². The number of carbonyl (C=O) groups is 3. The molecule has 0 aromatic heterocycles. The van der Waals surface area contributed by atoms with Crippen LogP contribution < -0.4 is 5.32 Å². The Hall–Kier alpha value is -3.15. The van der Waals surface area contributed by atoms with Crippen molar-refractivity contribution in [3.05, 3.63) is 65.2 Å². The van der Waals surface area contributed by atoms with Crippen molar-refractivity contribution in [2.24, 2.45) is 0 Å². The highest BCUT2D eigenvalue weighted by Crippen LogP contribution is 2.44. The number of amides is 3. The second kappa shape index (κ2) is 6.72. The highest BCUT2D eigenvalue weighted by Gasteiger charge is 2.51. The molecule has 3 aliphatic rings. The van der Waals surface area contributed by atoms with Gasteiger partial charge in [0.05, 0.1) is 5.41 Å². The summed E-state index contributed by atoms with van der Waals surface area (Å²) in [5.41, 5.74) is 2.85. The number of benzene rings is 2. The number of nitrogens with zero attached hydrogens (tertiary/aromatic N) is 2. The normalized spacial score (nSPS) is 23.0. The van der Waals surface area contributed by atoms with Crippen LogP contribution in [0.3, 0.4) is 0 Å². The molecule has 3 aliphatic heterocycles. The maximum atomic E-state index is 13.0.